The molecule has 0 atom stereocenters. The zero-order valence-electron chi connectivity index (χ0n) is 12.2. The van der Waals surface area contributed by atoms with Crippen LogP contribution in [0.15, 0.2) is 42.5 Å². The van der Waals surface area contributed by atoms with E-state index in [-0.39, 0.29) is 0 Å². The number of nitrogens with one attached hydrogen (secondary N) is 2. The molecule has 0 radical (unpaired) electrons. The smallest absolute Gasteiger partial charge is 0.142 e. The average Bonchev–Trinajstić information content (AvgIpc) is 2.53. The van der Waals surface area contributed by atoms with E-state index in [1.165, 1.54) is 0 Å². The summed E-state index contributed by atoms with van der Waals surface area (Å²) in [5, 5.41) is 7.38. The van der Waals surface area contributed by atoms with Crippen LogP contribution < -0.4 is 20.1 Å². The number of benzene rings is 2. The molecule has 2 aromatic carbocycles. The Bertz CT molecular complexity index is 573. The van der Waals surface area contributed by atoms with Crippen molar-refractivity contribution in [3.63, 3.8) is 0 Å². The molecule has 2 aromatic rings. The zero-order valence-corrected chi connectivity index (χ0v) is 12.9. The van der Waals surface area contributed by atoms with Gasteiger partial charge in [0, 0.05) is 29.9 Å². The van der Waals surface area contributed by atoms with E-state index in [9.17, 15) is 0 Å². The predicted octanol–water partition coefficient (Wildman–Crippen LogP) is 3.88. The highest BCUT2D eigenvalue weighted by molar-refractivity contribution is 6.30. The SMILES string of the molecule is COc1ccc(OC)c(NCCNc2ccc(Cl)cc2)c1. The van der Waals surface area contributed by atoms with E-state index in [1.54, 1.807) is 14.2 Å². The molecule has 0 fully saturated rings. The third-order valence-electron chi connectivity index (χ3n) is 3.02. The summed E-state index contributed by atoms with van der Waals surface area (Å²) in [6.07, 6.45) is 0. The standard InChI is InChI=1S/C16H19ClN2O2/c1-20-14-7-8-16(21-2)15(11-14)19-10-9-18-13-5-3-12(17)4-6-13/h3-8,11,18-19H,9-10H2,1-2H3. The van der Waals surface area contributed by atoms with Gasteiger partial charge in [-0.3, -0.25) is 0 Å². The van der Waals surface area contributed by atoms with E-state index in [2.05, 4.69) is 10.6 Å². The molecule has 0 aliphatic rings. The number of rotatable bonds is 7. The molecule has 112 valence electrons. The Morgan fingerprint density at radius 2 is 1.62 bits per heavy atom. The van der Waals surface area contributed by atoms with Gasteiger partial charge in [0.1, 0.15) is 11.5 Å². The lowest BCUT2D eigenvalue weighted by Crippen LogP contribution is -2.14. The molecule has 0 aliphatic carbocycles. The summed E-state index contributed by atoms with van der Waals surface area (Å²) < 4.78 is 10.5. The van der Waals surface area contributed by atoms with E-state index in [0.29, 0.717) is 0 Å². The molecule has 4 nitrogen and oxygen atoms in total. The van der Waals surface area contributed by atoms with Gasteiger partial charge in [0.25, 0.3) is 0 Å². The van der Waals surface area contributed by atoms with Crippen molar-refractivity contribution in [2.45, 2.75) is 0 Å². The highest BCUT2D eigenvalue weighted by Gasteiger charge is 2.04. The molecule has 0 unspecified atom stereocenters. The van der Waals surface area contributed by atoms with Gasteiger partial charge in [0.2, 0.25) is 0 Å². The van der Waals surface area contributed by atoms with Gasteiger partial charge in [-0.25, -0.2) is 0 Å². The summed E-state index contributed by atoms with van der Waals surface area (Å²) in [4.78, 5) is 0. The van der Waals surface area contributed by atoms with Crippen molar-refractivity contribution >= 4 is 23.0 Å². The number of halogens is 1. The number of ether oxygens (including phenoxy) is 2. The van der Waals surface area contributed by atoms with Gasteiger partial charge in [-0.1, -0.05) is 11.6 Å². The first-order valence-corrected chi connectivity index (χ1v) is 7.06. The molecule has 0 heterocycles. The molecule has 2 N–H and O–H groups in total. The third-order valence-corrected chi connectivity index (χ3v) is 3.27. The van der Waals surface area contributed by atoms with E-state index >= 15 is 0 Å². The molecule has 21 heavy (non-hydrogen) atoms. The predicted molar refractivity (Wildman–Crippen MR) is 88.0 cm³/mol. The van der Waals surface area contributed by atoms with E-state index < -0.39 is 0 Å². The number of hydrogen-bond acceptors (Lipinski definition) is 4. The van der Waals surface area contributed by atoms with Gasteiger partial charge >= 0.3 is 0 Å². The van der Waals surface area contributed by atoms with Crippen LogP contribution in [-0.2, 0) is 0 Å². The Hall–Kier alpha value is -2.07. The van der Waals surface area contributed by atoms with Crippen molar-refractivity contribution in [1.29, 1.82) is 0 Å². The van der Waals surface area contributed by atoms with E-state index in [4.69, 9.17) is 21.1 Å². The topological polar surface area (TPSA) is 42.5 Å². The number of methoxy groups -OCH3 is 2. The lowest BCUT2D eigenvalue weighted by Gasteiger charge is -2.13. The van der Waals surface area contributed by atoms with Crippen molar-refractivity contribution in [3.05, 3.63) is 47.5 Å². The van der Waals surface area contributed by atoms with E-state index in [1.807, 2.05) is 42.5 Å². The minimum absolute atomic E-state index is 0.736. The Morgan fingerprint density at radius 1 is 0.905 bits per heavy atom. The van der Waals surface area contributed by atoms with Crippen LogP contribution in [0, 0.1) is 0 Å². The quantitative estimate of drug-likeness (QED) is 0.762. The fourth-order valence-corrected chi connectivity index (χ4v) is 2.05. The Balaban J connectivity index is 1.86. The molecule has 0 aromatic heterocycles. The van der Waals surface area contributed by atoms with Crippen molar-refractivity contribution in [1.82, 2.24) is 0 Å². The molecule has 0 saturated heterocycles. The van der Waals surface area contributed by atoms with Crippen molar-refractivity contribution < 1.29 is 9.47 Å². The molecule has 2 rings (SSSR count). The lowest BCUT2D eigenvalue weighted by atomic mass is 10.2. The summed E-state index contributed by atoms with van der Waals surface area (Å²) in [7, 11) is 3.30. The maximum absolute atomic E-state index is 5.85. The number of hydrogen-bond donors (Lipinski definition) is 2. The normalized spacial score (nSPS) is 10.0. The van der Waals surface area contributed by atoms with Crippen LogP contribution in [0.2, 0.25) is 5.02 Å². The van der Waals surface area contributed by atoms with Crippen LogP contribution in [0.1, 0.15) is 0 Å². The van der Waals surface area contributed by atoms with Crippen molar-refractivity contribution in [2.75, 3.05) is 37.9 Å². The lowest BCUT2D eigenvalue weighted by molar-refractivity contribution is 0.404. The van der Waals surface area contributed by atoms with Crippen LogP contribution in [0.3, 0.4) is 0 Å². The third kappa shape index (κ3) is 4.46. The largest absolute Gasteiger partial charge is 0.497 e. The second-order valence-corrected chi connectivity index (χ2v) is 4.86. The Morgan fingerprint density at radius 3 is 2.29 bits per heavy atom. The van der Waals surface area contributed by atoms with Gasteiger partial charge in [0.15, 0.2) is 0 Å². The summed E-state index contributed by atoms with van der Waals surface area (Å²) in [5.41, 5.74) is 1.95. The summed E-state index contributed by atoms with van der Waals surface area (Å²) in [6, 6.07) is 13.3. The Kier molecular flexibility index (Phi) is 5.58. The highest BCUT2D eigenvalue weighted by Crippen LogP contribution is 2.28. The molecular formula is C16H19ClN2O2. The van der Waals surface area contributed by atoms with Gasteiger partial charge in [-0.05, 0) is 36.4 Å². The molecule has 0 spiro atoms. The molecule has 5 heteroatoms. The summed E-state index contributed by atoms with van der Waals surface area (Å²) >= 11 is 5.85. The van der Waals surface area contributed by atoms with Crippen LogP contribution >= 0.6 is 11.6 Å². The monoisotopic (exact) mass is 306 g/mol. The fourth-order valence-electron chi connectivity index (χ4n) is 1.92. The minimum Gasteiger partial charge on any atom is -0.497 e. The summed E-state index contributed by atoms with van der Waals surface area (Å²) in [6.45, 7) is 1.54. The first-order chi connectivity index (χ1) is 10.2. The fraction of sp³-hybridized carbons (Fsp3) is 0.250. The minimum atomic E-state index is 0.736. The molecule has 0 bridgehead atoms. The molecular weight excluding hydrogens is 288 g/mol. The van der Waals surface area contributed by atoms with Crippen molar-refractivity contribution in [3.8, 4) is 11.5 Å². The maximum atomic E-state index is 5.85. The summed E-state index contributed by atoms with van der Waals surface area (Å²) in [5.74, 6) is 1.59. The van der Waals surface area contributed by atoms with Gasteiger partial charge in [-0.15, -0.1) is 0 Å². The van der Waals surface area contributed by atoms with Crippen LogP contribution in [0.25, 0.3) is 0 Å². The van der Waals surface area contributed by atoms with Crippen LogP contribution in [0.5, 0.6) is 11.5 Å². The van der Waals surface area contributed by atoms with Crippen molar-refractivity contribution in [2.24, 2.45) is 0 Å². The zero-order chi connectivity index (χ0) is 15.1. The second-order valence-electron chi connectivity index (χ2n) is 4.43. The van der Waals surface area contributed by atoms with E-state index in [0.717, 1.165) is 41.0 Å². The molecule has 0 aliphatic heterocycles. The van der Waals surface area contributed by atoms with Crippen LogP contribution in [-0.4, -0.2) is 27.3 Å². The second kappa shape index (κ2) is 7.64. The first-order valence-electron chi connectivity index (χ1n) is 6.68. The van der Waals surface area contributed by atoms with Gasteiger partial charge in [-0.2, -0.15) is 0 Å². The molecule has 0 amide bonds. The van der Waals surface area contributed by atoms with Gasteiger partial charge < -0.3 is 20.1 Å². The van der Waals surface area contributed by atoms with Gasteiger partial charge in [0.05, 0.1) is 19.9 Å². The highest BCUT2D eigenvalue weighted by atomic mass is 35.5. The van der Waals surface area contributed by atoms with Crippen LogP contribution in [0.4, 0.5) is 11.4 Å². The first kappa shape index (κ1) is 15.3. The Labute approximate surface area is 130 Å². The molecule has 0 saturated carbocycles. The average molecular weight is 307 g/mol. The maximum Gasteiger partial charge on any atom is 0.142 e. The number of anilines is 2.